The van der Waals surface area contributed by atoms with E-state index in [2.05, 4.69) is 36.3 Å². The Morgan fingerprint density at radius 3 is 2.80 bits per heavy atom. The summed E-state index contributed by atoms with van der Waals surface area (Å²) >= 11 is 3.30. The number of anilines is 1. The topological polar surface area (TPSA) is 92.1 Å². The number of aromatic nitrogens is 4. The molecule has 100 valence electrons. The molecule has 3 aromatic rings. The molecule has 20 heavy (non-hydrogen) atoms. The summed E-state index contributed by atoms with van der Waals surface area (Å²) in [6, 6.07) is 8.12. The summed E-state index contributed by atoms with van der Waals surface area (Å²) in [6.07, 6.45) is 1.29. The Morgan fingerprint density at radius 2 is 2.05 bits per heavy atom. The van der Waals surface area contributed by atoms with E-state index in [9.17, 15) is 9.59 Å². The molecule has 0 spiro atoms. The Morgan fingerprint density at radius 1 is 1.30 bits per heavy atom. The quantitative estimate of drug-likeness (QED) is 0.742. The third kappa shape index (κ3) is 2.32. The SMILES string of the molecule is O=C(Nc1cc(=O)[nH]c2ncnn12)c1ccc(Br)cc1. The van der Waals surface area contributed by atoms with Crippen LogP contribution in [0, 0.1) is 0 Å². The number of carbonyl (C=O) groups excluding carboxylic acids is 1. The monoisotopic (exact) mass is 333 g/mol. The van der Waals surface area contributed by atoms with Crippen molar-refractivity contribution in [2.45, 2.75) is 0 Å². The molecule has 0 unspecified atom stereocenters. The first-order chi connectivity index (χ1) is 9.63. The highest BCUT2D eigenvalue weighted by Crippen LogP contribution is 2.12. The lowest BCUT2D eigenvalue weighted by atomic mass is 10.2. The number of amides is 1. The van der Waals surface area contributed by atoms with E-state index in [-0.39, 0.29) is 23.1 Å². The Hall–Kier alpha value is -2.48. The van der Waals surface area contributed by atoms with Gasteiger partial charge >= 0.3 is 0 Å². The average molecular weight is 334 g/mol. The van der Waals surface area contributed by atoms with Crippen molar-refractivity contribution in [2.75, 3.05) is 5.32 Å². The van der Waals surface area contributed by atoms with Gasteiger partial charge in [-0.25, -0.2) is 0 Å². The summed E-state index contributed by atoms with van der Waals surface area (Å²) in [7, 11) is 0. The molecule has 1 aromatic carbocycles. The molecular weight excluding hydrogens is 326 g/mol. The fraction of sp³-hybridized carbons (Fsp3) is 0. The van der Waals surface area contributed by atoms with Gasteiger partial charge in [-0.2, -0.15) is 14.6 Å². The summed E-state index contributed by atoms with van der Waals surface area (Å²) in [6.45, 7) is 0. The van der Waals surface area contributed by atoms with Crippen LogP contribution in [0.15, 0.2) is 45.9 Å². The third-order valence-electron chi connectivity index (χ3n) is 2.63. The van der Waals surface area contributed by atoms with Crippen LogP contribution in [0.4, 0.5) is 5.82 Å². The van der Waals surface area contributed by atoms with Crippen LogP contribution < -0.4 is 10.9 Å². The molecule has 7 nitrogen and oxygen atoms in total. The second-order valence-corrected chi connectivity index (χ2v) is 4.89. The number of halogens is 1. The van der Waals surface area contributed by atoms with Crippen LogP contribution in [0.3, 0.4) is 0 Å². The zero-order valence-corrected chi connectivity index (χ0v) is 11.6. The highest BCUT2D eigenvalue weighted by Gasteiger charge is 2.10. The molecule has 0 saturated carbocycles. The number of nitrogens with zero attached hydrogens (tertiary/aromatic N) is 3. The van der Waals surface area contributed by atoms with Crippen LogP contribution >= 0.6 is 15.9 Å². The molecule has 2 heterocycles. The molecule has 2 aromatic heterocycles. The van der Waals surface area contributed by atoms with Crippen LogP contribution in [0.25, 0.3) is 5.78 Å². The molecule has 3 rings (SSSR count). The predicted octanol–water partition coefficient (Wildman–Crippen LogP) is 1.43. The molecule has 0 saturated heterocycles. The molecule has 0 aliphatic heterocycles. The maximum absolute atomic E-state index is 12.1. The lowest BCUT2D eigenvalue weighted by molar-refractivity contribution is 0.102. The van der Waals surface area contributed by atoms with Gasteiger partial charge in [-0.05, 0) is 24.3 Å². The van der Waals surface area contributed by atoms with Gasteiger partial charge < -0.3 is 5.32 Å². The fourth-order valence-electron chi connectivity index (χ4n) is 1.71. The number of hydrogen-bond acceptors (Lipinski definition) is 4. The maximum Gasteiger partial charge on any atom is 0.256 e. The lowest BCUT2D eigenvalue weighted by Gasteiger charge is -2.06. The first-order valence-corrected chi connectivity index (χ1v) is 6.43. The van der Waals surface area contributed by atoms with E-state index in [1.807, 2.05) is 0 Å². The Labute approximate surface area is 120 Å². The van der Waals surface area contributed by atoms with Crippen molar-refractivity contribution in [3.63, 3.8) is 0 Å². The largest absolute Gasteiger partial charge is 0.306 e. The van der Waals surface area contributed by atoms with E-state index in [0.717, 1.165) is 4.47 Å². The molecule has 0 bridgehead atoms. The minimum Gasteiger partial charge on any atom is -0.306 e. The highest BCUT2D eigenvalue weighted by atomic mass is 79.9. The summed E-state index contributed by atoms with van der Waals surface area (Å²) in [4.78, 5) is 30.0. The van der Waals surface area contributed by atoms with E-state index in [0.29, 0.717) is 5.56 Å². The standard InChI is InChI=1S/C12H8BrN5O2/c13-8-3-1-7(2-4-8)11(20)16-9-5-10(19)17-12-14-6-15-18(9)12/h1-6H,(H,16,20)(H,14,15,17,19). The molecule has 0 aliphatic rings. The Kier molecular flexibility index (Phi) is 3.07. The fourth-order valence-corrected chi connectivity index (χ4v) is 1.98. The van der Waals surface area contributed by atoms with Gasteiger partial charge in [0.25, 0.3) is 11.5 Å². The minimum absolute atomic E-state index is 0.258. The second kappa shape index (κ2) is 4.89. The van der Waals surface area contributed by atoms with Gasteiger partial charge in [0.05, 0.1) is 0 Å². The van der Waals surface area contributed by atoms with Gasteiger partial charge in [-0.3, -0.25) is 14.6 Å². The van der Waals surface area contributed by atoms with Gasteiger partial charge in [-0.1, -0.05) is 15.9 Å². The molecule has 0 aliphatic carbocycles. The summed E-state index contributed by atoms with van der Waals surface area (Å²) in [5.74, 6) is 0.192. The van der Waals surface area contributed by atoms with E-state index in [4.69, 9.17) is 0 Å². The first-order valence-electron chi connectivity index (χ1n) is 5.63. The van der Waals surface area contributed by atoms with Crippen molar-refractivity contribution in [3.8, 4) is 0 Å². The molecule has 0 fully saturated rings. The van der Waals surface area contributed by atoms with Crippen LogP contribution in [-0.4, -0.2) is 25.5 Å². The average Bonchev–Trinajstić information content (AvgIpc) is 2.87. The third-order valence-corrected chi connectivity index (χ3v) is 3.16. The molecule has 0 atom stereocenters. The van der Waals surface area contributed by atoms with Gasteiger partial charge in [0.1, 0.15) is 12.1 Å². The number of carbonyl (C=O) groups is 1. The summed E-state index contributed by atoms with van der Waals surface area (Å²) in [5, 5.41) is 6.57. The number of aromatic amines is 1. The van der Waals surface area contributed by atoms with Crippen molar-refractivity contribution in [1.82, 2.24) is 19.6 Å². The van der Waals surface area contributed by atoms with Crippen LogP contribution in [0.5, 0.6) is 0 Å². The number of H-pyrrole nitrogens is 1. The maximum atomic E-state index is 12.1. The van der Waals surface area contributed by atoms with Crippen molar-refractivity contribution in [1.29, 1.82) is 0 Å². The smallest absolute Gasteiger partial charge is 0.256 e. The Balaban J connectivity index is 1.96. The van der Waals surface area contributed by atoms with E-state index < -0.39 is 0 Å². The van der Waals surface area contributed by atoms with Gasteiger partial charge in [0.2, 0.25) is 5.78 Å². The molecule has 2 N–H and O–H groups in total. The van der Waals surface area contributed by atoms with E-state index in [1.54, 1.807) is 24.3 Å². The van der Waals surface area contributed by atoms with Crippen molar-refractivity contribution in [3.05, 3.63) is 57.0 Å². The number of hydrogen-bond donors (Lipinski definition) is 2. The van der Waals surface area contributed by atoms with Crippen molar-refractivity contribution >= 4 is 33.4 Å². The normalized spacial score (nSPS) is 10.7. The first kappa shape index (κ1) is 12.5. The zero-order valence-electron chi connectivity index (χ0n) is 10.0. The molecule has 1 amide bonds. The van der Waals surface area contributed by atoms with Crippen LogP contribution in [0.2, 0.25) is 0 Å². The molecule has 0 radical (unpaired) electrons. The number of benzene rings is 1. The number of nitrogens with one attached hydrogen (secondary N) is 2. The van der Waals surface area contributed by atoms with Gasteiger partial charge in [0.15, 0.2) is 0 Å². The van der Waals surface area contributed by atoms with Crippen molar-refractivity contribution < 1.29 is 4.79 Å². The minimum atomic E-state index is -0.364. The van der Waals surface area contributed by atoms with E-state index in [1.165, 1.54) is 16.9 Å². The highest BCUT2D eigenvalue weighted by molar-refractivity contribution is 9.10. The van der Waals surface area contributed by atoms with E-state index >= 15 is 0 Å². The van der Waals surface area contributed by atoms with Gasteiger partial charge in [0, 0.05) is 16.1 Å². The Bertz CT molecular complexity index is 837. The molecular formula is C12H8BrN5O2. The predicted molar refractivity (Wildman–Crippen MR) is 75.7 cm³/mol. The lowest BCUT2D eigenvalue weighted by Crippen LogP contribution is -2.18. The van der Waals surface area contributed by atoms with Crippen LogP contribution in [-0.2, 0) is 0 Å². The molecule has 8 heteroatoms. The number of fused-ring (bicyclic) bond motifs is 1. The summed E-state index contributed by atoms with van der Waals surface area (Å²) in [5.41, 5.74) is 0.110. The number of rotatable bonds is 2. The van der Waals surface area contributed by atoms with Crippen LogP contribution in [0.1, 0.15) is 10.4 Å². The van der Waals surface area contributed by atoms with Crippen molar-refractivity contribution in [2.24, 2.45) is 0 Å². The second-order valence-electron chi connectivity index (χ2n) is 3.98. The zero-order chi connectivity index (χ0) is 14.1. The van der Waals surface area contributed by atoms with Gasteiger partial charge in [-0.15, -0.1) is 0 Å². The summed E-state index contributed by atoms with van der Waals surface area (Å²) < 4.78 is 2.22.